The van der Waals surface area contributed by atoms with Crippen LogP contribution in [0.15, 0.2) is 5.16 Å². The third-order valence-electron chi connectivity index (χ3n) is 5.68. The van der Waals surface area contributed by atoms with Gasteiger partial charge in [0.2, 0.25) is 0 Å². The Bertz CT molecular complexity index is 364. The van der Waals surface area contributed by atoms with Gasteiger partial charge in [0.1, 0.15) is 5.84 Å². The number of hydrogen-bond acceptors (Lipinski definition) is 3. The molecule has 0 radical (unpaired) electrons. The fourth-order valence-corrected chi connectivity index (χ4v) is 4.62. The Balaban J connectivity index is 1.47. The van der Waals surface area contributed by atoms with E-state index in [0.29, 0.717) is 11.3 Å². The molecule has 0 aliphatic heterocycles. The van der Waals surface area contributed by atoms with E-state index in [-0.39, 0.29) is 0 Å². The molecule has 3 unspecified atom stereocenters. The molecular weight excluding hydrogens is 238 g/mol. The summed E-state index contributed by atoms with van der Waals surface area (Å²) in [5.41, 5.74) is 5.98. The predicted octanol–water partition coefficient (Wildman–Crippen LogP) is 2.27. The van der Waals surface area contributed by atoms with Crippen molar-refractivity contribution < 1.29 is 5.21 Å². The minimum Gasteiger partial charge on any atom is -0.409 e. The second kappa shape index (κ2) is 4.97. The summed E-state index contributed by atoms with van der Waals surface area (Å²) in [6.07, 6.45) is 9.12. The summed E-state index contributed by atoms with van der Waals surface area (Å²) in [4.78, 5) is 2.50. The van der Waals surface area contributed by atoms with Gasteiger partial charge in [-0.2, -0.15) is 0 Å². The Labute approximate surface area is 116 Å². The molecule has 0 amide bonds. The van der Waals surface area contributed by atoms with Crippen LogP contribution in [-0.2, 0) is 0 Å². The van der Waals surface area contributed by atoms with Gasteiger partial charge in [-0.25, -0.2) is 0 Å². The van der Waals surface area contributed by atoms with Crippen molar-refractivity contribution >= 4 is 5.84 Å². The van der Waals surface area contributed by atoms with Crippen LogP contribution in [0.2, 0.25) is 0 Å². The lowest BCUT2D eigenvalue weighted by Crippen LogP contribution is -2.34. The Morgan fingerprint density at radius 2 is 2.16 bits per heavy atom. The van der Waals surface area contributed by atoms with E-state index in [9.17, 15) is 0 Å². The lowest BCUT2D eigenvalue weighted by molar-refractivity contribution is 0.191. The van der Waals surface area contributed by atoms with Crippen LogP contribution in [0.1, 0.15) is 44.9 Å². The SMILES string of the molecule is CN(CC1CC2CCC1C2)CC1(CC(N)=NO)CC1. The first-order chi connectivity index (χ1) is 9.10. The molecule has 3 N–H and O–H groups in total. The molecule has 0 aromatic heterocycles. The lowest BCUT2D eigenvalue weighted by Gasteiger charge is -2.29. The molecular formula is C15H27N3O. The minimum absolute atomic E-state index is 0.308. The van der Waals surface area contributed by atoms with E-state index in [1.54, 1.807) is 0 Å². The van der Waals surface area contributed by atoms with E-state index in [4.69, 9.17) is 10.9 Å². The van der Waals surface area contributed by atoms with Gasteiger partial charge >= 0.3 is 0 Å². The van der Waals surface area contributed by atoms with E-state index in [1.165, 1.54) is 45.1 Å². The molecule has 3 fully saturated rings. The highest BCUT2D eigenvalue weighted by molar-refractivity contribution is 5.80. The molecule has 0 aromatic carbocycles. The van der Waals surface area contributed by atoms with Gasteiger partial charge in [-0.1, -0.05) is 11.6 Å². The van der Waals surface area contributed by atoms with Crippen LogP contribution in [0, 0.1) is 23.2 Å². The Morgan fingerprint density at radius 1 is 1.37 bits per heavy atom. The highest BCUT2D eigenvalue weighted by atomic mass is 16.4. The van der Waals surface area contributed by atoms with Crippen LogP contribution in [0.3, 0.4) is 0 Å². The summed E-state index contributed by atoms with van der Waals surface area (Å²) in [7, 11) is 2.25. The van der Waals surface area contributed by atoms with Gasteiger partial charge in [0, 0.05) is 19.5 Å². The highest BCUT2D eigenvalue weighted by Gasteiger charge is 2.45. The van der Waals surface area contributed by atoms with Crippen LogP contribution < -0.4 is 5.73 Å². The van der Waals surface area contributed by atoms with Crippen molar-refractivity contribution in [3.8, 4) is 0 Å². The summed E-state index contributed by atoms with van der Waals surface area (Å²) in [5, 5.41) is 11.8. The monoisotopic (exact) mass is 265 g/mol. The molecule has 3 atom stereocenters. The molecule has 4 nitrogen and oxygen atoms in total. The number of nitrogens with zero attached hydrogens (tertiary/aromatic N) is 2. The lowest BCUT2D eigenvalue weighted by atomic mass is 9.88. The maximum atomic E-state index is 8.71. The number of nitrogens with two attached hydrogens (primary N) is 1. The number of fused-ring (bicyclic) bond motifs is 2. The largest absolute Gasteiger partial charge is 0.409 e. The first kappa shape index (κ1) is 13.2. The topological polar surface area (TPSA) is 61.8 Å². The first-order valence-electron chi connectivity index (χ1n) is 7.75. The van der Waals surface area contributed by atoms with E-state index in [1.807, 2.05) is 0 Å². The van der Waals surface area contributed by atoms with Gasteiger partial charge in [0.25, 0.3) is 0 Å². The van der Waals surface area contributed by atoms with Gasteiger partial charge in [-0.15, -0.1) is 0 Å². The number of hydrogen-bond donors (Lipinski definition) is 2. The Hall–Kier alpha value is -0.770. The molecule has 19 heavy (non-hydrogen) atoms. The third kappa shape index (κ3) is 2.88. The standard InChI is InChI=1S/C15H27N3O/c1-18(9-13-7-11-2-3-12(13)6-11)10-15(4-5-15)8-14(16)17-19/h11-13,19H,2-10H2,1H3,(H2,16,17). The fourth-order valence-electron chi connectivity index (χ4n) is 4.62. The predicted molar refractivity (Wildman–Crippen MR) is 76.1 cm³/mol. The number of rotatable bonds is 6. The molecule has 2 bridgehead atoms. The zero-order valence-electron chi connectivity index (χ0n) is 12.0. The summed E-state index contributed by atoms with van der Waals surface area (Å²) in [5.74, 6) is 3.37. The van der Waals surface area contributed by atoms with Crippen LogP contribution in [0.4, 0.5) is 0 Å². The smallest absolute Gasteiger partial charge is 0.139 e. The highest BCUT2D eigenvalue weighted by Crippen LogP contribution is 2.51. The van der Waals surface area contributed by atoms with Crippen molar-refractivity contribution in [1.29, 1.82) is 0 Å². The summed E-state index contributed by atoms with van der Waals surface area (Å²) >= 11 is 0. The Morgan fingerprint density at radius 3 is 2.68 bits per heavy atom. The molecule has 4 heteroatoms. The third-order valence-corrected chi connectivity index (χ3v) is 5.68. The minimum atomic E-state index is 0.308. The second-order valence-corrected chi connectivity index (χ2v) is 7.40. The van der Waals surface area contributed by atoms with Crippen LogP contribution in [0.25, 0.3) is 0 Å². The van der Waals surface area contributed by atoms with Crippen LogP contribution in [0.5, 0.6) is 0 Å². The second-order valence-electron chi connectivity index (χ2n) is 7.40. The molecule has 0 aromatic rings. The molecule has 3 rings (SSSR count). The van der Waals surface area contributed by atoms with E-state index >= 15 is 0 Å². The fraction of sp³-hybridized carbons (Fsp3) is 0.933. The van der Waals surface area contributed by atoms with Crippen LogP contribution >= 0.6 is 0 Å². The number of oxime groups is 1. The van der Waals surface area contributed by atoms with E-state index in [0.717, 1.165) is 30.7 Å². The zero-order chi connectivity index (χ0) is 13.5. The normalized spacial score (nSPS) is 36.1. The molecule has 0 heterocycles. The maximum absolute atomic E-state index is 8.71. The molecule has 0 spiro atoms. The average Bonchev–Trinajstić information content (AvgIpc) is 2.83. The summed E-state index contributed by atoms with van der Waals surface area (Å²) < 4.78 is 0. The quantitative estimate of drug-likeness (QED) is 0.335. The molecule has 3 saturated carbocycles. The van der Waals surface area contributed by atoms with Gasteiger partial charge in [0.05, 0.1) is 0 Å². The molecule has 3 aliphatic rings. The Kier molecular flexibility index (Phi) is 3.46. The van der Waals surface area contributed by atoms with Crippen molar-refractivity contribution in [3.63, 3.8) is 0 Å². The van der Waals surface area contributed by atoms with Crippen molar-refractivity contribution in [2.75, 3.05) is 20.1 Å². The number of amidine groups is 1. The van der Waals surface area contributed by atoms with Crippen LogP contribution in [-0.4, -0.2) is 36.1 Å². The molecule has 108 valence electrons. The zero-order valence-corrected chi connectivity index (χ0v) is 12.0. The van der Waals surface area contributed by atoms with Gasteiger partial charge in [-0.3, -0.25) is 0 Å². The van der Waals surface area contributed by atoms with Crippen molar-refractivity contribution in [2.45, 2.75) is 44.9 Å². The maximum Gasteiger partial charge on any atom is 0.139 e. The summed E-state index contributed by atoms with van der Waals surface area (Å²) in [6, 6.07) is 0. The van der Waals surface area contributed by atoms with Gasteiger partial charge in [0.15, 0.2) is 0 Å². The van der Waals surface area contributed by atoms with Crippen molar-refractivity contribution in [1.82, 2.24) is 4.90 Å². The van der Waals surface area contributed by atoms with Crippen molar-refractivity contribution in [2.24, 2.45) is 34.1 Å². The van der Waals surface area contributed by atoms with E-state index in [2.05, 4.69) is 17.1 Å². The van der Waals surface area contributed by atoms with Gasteiger partial charge < -0.3 is 15.8 Å². The first-order valence-corrected chi connectivity index (χ1v) is 7.75. The molecule has 3 aliphatic carbocycles. The van der Waals surface area contributed by atoms with Gasteiger partial charge in [-0.05, 0) is 62.3 Å². The van der Waals surface area contributed by atoms with E-state index < -0.39 is 0 Å². The van der Waals surface area contributed by atoms with Crippen molar-refractivity contribution in [3.05, 3.63) is 0 Å². The summed E-state index contributed by atoms with van der Waals surface area (Å²) in [6.45, 7) is 2.36. The molecule has 0 saturated heterocycles. The average molecular weight is 265 g/mol.